The number of benzene rings is 2. The highest BCUT2D eigenvalue weighted by atomic mass is 16.3. The molecule has 0 radical (unpaired) electrons. The Morgan fingerprint density at radius 1 is 0.947 bits per heavy atom. The minimum atomic E-state index is -0.0932. The highest BCUT2D eigenvalue weighted by Gasteiger charge is 2.14. The first kappa shape index (κ1) is 11.4. The Hall–Kier alpha value is -2.68. The van der Waals surface area contributed by atoms with Crippen LogP contribution in [0.3, 0.4) is 0 Å². The van der Waals surface area contributed by atoms with Crippen LogP contribution in [0.4, 0.5) is 0 Å². The van der Waals surface area contributed by atoms with Crippen LogP contribution in [0, 0.1) is 0 Å². The van der Waals surface area contributed by atoms with Crippen molar-refractivity contribution in [1.82, 2.24) is 4.98 Å². The summed E-state index contributed by atoms with van der Waals surface area (Å²) < 4.78 is 0. The second-order valence-corrected chi connectivity index (χ2v) is 4.23. The van der Waals surface area contributed by atoms with E-state index < -0.39 is 0 Å². The van der Waals surface area contributed by atoms with Crippen molar-refractivity contribution in [2.24, 2.45) is 0 Å². The lowest BCUT2D eigenvalue weighted by Gasteiger charge is -2.06. The normalized spacial score (nSPS) is 10.5. The van der Waals surface area contributed by atoms with Gasteiger partial charge in [-0.1, -0.05) is 30.3 Å². The predicted octanol–water partition coefficient (Wildman–Crippen LogP) is 3.17. The van der Waals surface area contributed by atoms with Crippen molar-refractivity contribution in [3.05, 3.63) is 71.9 Å². The third-order valence-corrected chi connectivity index (χ3v) is 3.03. The van der Waals surface area contributed by atoms with Crippen LogP contribution >= 0.6 is 0 Å². The molecule has 0 bridgehead atoms. The standard InChI is InChI=1S/C16H11NO2/c18-14-9-8-13(15-12(14)7-4-10-17-15)16(19)11-5-2-1-3-6-11/h1-10,18H. The Balaban J connectivity index is 2.22. The van der Waals surface area contributed by atoms with Gasteiger partial charge in [0.25, 0.3) is 0 Å². The first-order chi connectivity index (χ1) is 9.27. The molecule has 0 saturated carbocycles. The molecule has 0 aliphatic heterocycles. The molecule has 2 aromatic carbocycles. The van der Waals surface area contributed by atoms with Crippen molar-refractivity contribution in [2.45, 2.75) is 0 Å². The lowest BCUT2D eigenvalue weighted by atomic mass is 10.00. The van der Waals surface area contributed by atoms with E-state index in [1.54, 1.807) is 36.5 Å². The summed E-state index contributed by atoms with van der Waals surface area (Å²) in [6, 6.07) is 15.7. The topological polar surface area (TPSA) is 50.2 Å². The number of phenolic OH excluding ortho intramolecular Hbond substituents is 1. The van der Waals surface area contributed by atoms with Gasteiger partial charge in [-0.2, -0.15) is 0 Å². The zero-order chi connectivity index (χ0) is 13.2. The number of hydrogen-bond donors (Lipinski definition) is 1. The maximum Gasteiger partial charge on any atom is 0.195 e. The molecule has 0 amide bonds. The summed E-state index contributed by atoms with van der Waals surface area (Å²) in [4.78, 5) is 16.7. The van der Waals surface area contributed by atoms with Crippen LogP contribution in [0.15, 0.2) is 60.8 Å². The summed E-state index contributed by atoms with van der Waals surface area (Å²) in [5, 5.41) is 10.4. The minimum Gasteiger partial charge on any atom is -0.507 e. The van der Waals surface area contributed by atoms with Gasteiger partial charge in [0.2, 0.25) is 0 Å². The zero-order valence-electron chi connectivity index (χ0n) is 10.1. The van der Waals surface area contributed by atoms with Crippen LogP contribution < -0.4 is 0 Å². The molecule has 0 unspecified atom stereocenters. The Bertz CT molecular complexity index is 751. The monoisotopic (exact) mass is 249 g/mol. The Morgan fingerprint density at radius 3 is 2.53 bits per heavy atom. The van der Waals surface area contributed by atoms with Gasteiger partial charge in [0.05, 0.1) is 5.52 Å². The summed E-state index contributed by atoms with van der Waals surface area (Å²) in [6.45, 7) is 0. The van der Waals surface area contributed by atoms with Crippen molar-refractivity contribution in [3.63, 3.8) is 0 Å². The van der Waals surface area contributed by atoms with Gasteiger partial charge >= 0.3 is 0 Å². The molecule has 1 N–H and O–H groups in total. The summed E-state index contributed by atoms with van der Waals surface area (Å²) >= 11 is 0. The van der Waals surface area contributed by atoms with E-state index in [4.69, 9.17) is 0 Å². The van der Waals surface area contributed by atoms with E-state index in [0.717, 1.165) is 0 Å². The SMILES string of the molecule is O=C(c1ccccc1)c1ccc(O)c2cccnc12. The molecule has 1 heterocycles. The van der Waals surface area contributed by atoms with Gasteiger partial charge in [0.15, 0.2) is 5.78 Å². The number of fused-ring (bicyclic) bond motifs is 1. The maximum atomic E-state index is 12.4. The third-order valence-electron chi connectivity index (χ3n) is 3.03. The Labute approximate surface area is 110 Å². The number of aromatic hydroxyl groups is 1. The van der Waals surface area contributed by atoms with Crippen LogP contribution in [0.5, 0.6) is 5.75 Å². The Morgan fingerprint density at radius 2 is 1.74 bits per heavy atom. The zero-order valence-corrected chi connectivity index (χ0v) is 10.1. The fourth-order valence-corrected chi connectivity index (χ4v) is 2.09. The van der Waals surface area contributed by atoms with Crippen molar-refractivity contribution >= 4 is 16.7 Å². The van der Waals surface area contributed by atoms with E-state index in [9.17, 15) is 9.90 Å². The molecule has 0 atom stereocenters. The van der Waals surface area contributed by atoms with Crippen molar-refractivity contribution in [1.29, 1.82) is 0 Å². The molecule has 3 nitrogen and oxygen atoms in total. The largest absolute Gasteiger partial charge is 0.507 e. The van der Waals surface area contributed by atoms with Gasteiger partial charge in [0.1, 0.15) is 5.75 Å². The summed E-state index contributed by atoms with van der Waals surface area (Å²) in [7, 11) is 0. The fraction of sp³-hybridized carbons (Fsp3) is 0. The number of aromatic nitrogens is 1. The molecule has 0 aliphatic carbocycles. The molecule has 3 aromatic rings. The summed E-state index contributed by atoms with van der Waals surface area (Å²) in [5.74, 6) is 0.0389. The molecule has 0 spiro atoms. The first-order valence-electron chi connectivity index (χ1n) is 5.94. The van der Waals surface area contributed by atoms with E-state index >= 15 is 0 Å². The molecule has 92 valence electrons. The molecule has 3 heteroatoms. The van der Waals surface area contributed by atoms with Crippen LogP contribution in [0.25, 0.3) is 10.9 Å². The van der Waals surface area contributed by atoms with Gasteiger partial charge < -0.3 is 5.11 Å². The molecular weight excluding hydrogens is 238 g/mol. The third kappa shape index (κ3) is 1.95. The van der Waals surface area contributed by atoms with Crippen LogP contribution in [-0.4, -0.2) is 15.9 Å². The van der Waals surface area contributed by atoms with E-state index in [1.807, 2.05) is 18.2 Å². The van der Waals surface area contributed by atoms with Crippen LogP contribution in [0.2, 0.25) is 0 Å². The van der Waals surface area contributed by atoms with Gasteiger partial charge in [-0.3, -0.25) is 9.78 Å². The van der Waals surface area contributed by atoms with E-state index in [2.05, 4.69) is 4.98 Å². The predicted molar refractivity (Wildman–Crippen MR) is 73.3 cm³/mol. The van der Waals surface area contributed by atoms with E-state index in [0.29, 0.717) is 22.0 Å². The number of hydrogen-bond acceptors (Lipinski definition) is 3. The van der Waals surface area contributed by atoms with Crippen LogP contribution in [0.1, 0.15) is 15.9 Å². The molecule has 0 aliphatic rings. The molecule has 1 aromatic heterocycles. The van der Waals surface area contributed by atoms with Gasteiger partial charge in [0, 0.05) is 22.7 Å². The van der Waals surface area contributed by atoms with Gasteiger partial charge in [-0.25, -0.2) is 0 Å². The van der Waals surface area contributed by atoms with E-state index in [1.165, 1.54) is 6.07 Å². The smallest absolute Gasteiger partial charge is 0.195 e. The molecule has 0 fully saturated rings. The van der Waals surface area contributed by atoms with Crippen LogP contribution in [-0.2, 0) is 0 Å². The number of phenols is 1. The molecule has 19 heavy (non-hydrogen) atoms. The van der Waals surface area contributed by atoms with Gasteiger partial charge in [-0.15, -0.1) is 0 Å². The number of carbonyl (C=O) groups excluding carboxylic acids is 1. The number of carbonyl (C=O) groups is 1. The van der Waals surface area contributed by atoms with Crippen molar-refractivity contribution in [3.8, 4) is 5.75 Å². The highest BCUT2D eigenvalue weighted by molar-refractivity contribution is 6.16. The highest BCUT2D eigenvalue weighted by Crippen LogP contribution is 2.27. The number of pyridine rings is 1. The second kappa shape index (κ2) is 4.53. The van der Waals surface area contributed by atoms with Crippen molar-refractivity contribution < 1.29 is 9.90 Å². The summed E-state index contributed by atoms with van der Waals surface area (Å²) in [5.41, 5.74) is 1.64. The second-order valence-electron chi connectivity index (χ2n) is 4.23. The Kier molecular flexibility index (Phi) is 2.72. The maximum absolute atomic E-state index is 12.4. The van der Waals surface area contributed by atoms with E-state index in [-0.39, 0.29) is 11.5 Å². The number of rotatable bonds is 2. The van der Waals surface area contributed by atoms with Gasteiger partial charge in [-0.05, 0) is 24.3 Å². The molecule has 0 saturated heterocycles. The minimum absolute atomic E-state index is 0.0932. The quantitative estimate of drug-likeness (QED) is 0.710. The number of ketones is 1. The summed E-state index contributed by atoms with van der Waals surface area (Å²) in [6.07, 6.45) is 1.61. The fourth-order valence-electron chi connectivity index (χ4n) is 2.09. The lowest BCUT2D eigenvalue weighted by molar-refractivity contribution is 0.104. The lowest BCUT2D eigenvalue weighted by Crippen LogP contribution is -2.02. The molecular formula is C16H11NO2. The molecule has 3 rings (SSSR count). The van der Waals surface area contributed by atoms with Crippen molar-refractivity contribution in [2.75, 3.05) is 0 Å². The average molecular weight is 249 g/mol. The average Bonchev–Trinajstić information content (AvgIpc) is 2.48. The first-order valence-corrected chi connectivity index (χ1v) is 5.94. The number of nitrogens with zero attached hydrogens (tertiary/aromatic N) is 1.